The Morgan fingerprint density at radius 3 is 2.65 bits per heavy atom. The summed E-state index contributed by atoms with van der Waals surface area (Å²) in [7, 11) is 3.97. The van der Waals surface area contributed by atoms with E-state index in [9.17, 15) is 4.79 Å². The van der Waals surface area contributed by atoms with Gasteiger partial charge in [-0.15, -0.1) is 10.2 Å². The summed E-state index contributed by atoms with van der Waals surface area (Å²) in [5, 5.41) is 22.7. The smallest absolute Gasteiger partial charge is 0.276 e. The predicted molar refractivity (Wildman–Crippen MR) is 88.2 cm³/mol. The number of benzene rings is 1. The Bertz CT molecular complexity index is 705. The van der Waals surface area contributed by atoms with Crippen molar-refractivity contribution in [3.8, 4) is 6.07 Å². The molecule has 7 nitrogen and oxygen atoms in total. The third-order valence-electron chi connectivity index (χ3n) is 3.06. The third-order valence-corrected chi connectivity index (χ3v) is 3.06. The van der Waals surface area contributed by atoms with Gasteiger partial charge in [0, 0.05) is 13.1 Å². The van der Waals surface area contributed by atoms with E-state index in [0.29, 0.717) is 17.1 Å². The molecule has 1 heterocycles. The first kappa shape index (κ1) is 16.4. The number of nitriles is 1. The Labute approximate surface area is 134 Å². The summed E-state index contributed by atoms with van der Waals surface area (Å²) in [4.78, 5) is 14.2. The average molecular weight is 310 g/mol. The Balaban J connectivity index is 1.99. The fourth-order valence-corrected chi connectivity index (χ4v) is 1.83. The maximum atomic E-state index is 12.1. The quantitative estimate of drug-likeness (QED) is 0.841. The molecule has 1 aromatic heterocycles. The maximum absolute atomic E-state index is 12.1. The summed E-state index contributed by atoms with van der Waals surface area (Å²) in [5.74, 6) is 0.209. The van der Waals surface area contributed by atoms with Crippen molar-refractivity contribution in [1.29, 1.82) is 5.26 Å². The Hall–Kier alpha value is -2.98. The van der Waals surface area contributed by atoms with Crippen LogP contribution in [-0.2, 0) is 0 Å². The first-order valence-corrected chi connectivity index (χ1v) is 7.13. The highest BCUT2D eigenvalue weighted by Gasteiger charge is 2.10. The van der Waals surface area contributed by atoms with Gasteiger partial charge in [0.05, 0.1) is 11.3 Å². The highest BCUT2D eigenvalue weighted by atomic mass is 16.1. The lowest BCUT2D eigenvalue weighted by molar-refractivity contribution is 0.102. The van der Waals surface area contributed by atoms with Crippen molar-refractivity contribution in [2.75, 3.05) is 37.8 Å². The lowest BCUT2D eigenvalue weighted by atomic mass is 10.2. The fraction of sp³-hybridized carbons (Fsp3) is 0.250. The van der Waals surface area contributed by atoms with Crippen molar-refractivity contribution >= 4 is 17.4 Å². The number of nitrogens with one attached hydrogen (secondary N) is 2. The summed E-state index contributed by atoms with van der Waals surface area (Å²) in [6.45, 7) is 1.61. The lowest BCUT2D eigenvalue weighted by Crippen LogP contribution is -2.21. The van der Waals surface area contributed by atoms with Gasteiger partial charge in [-0.05, 0) is 38.4 Å². The summed E-state index contributed by atoms with van der Waals surface area (Å²) in [6, 6.07) is 12.1. The van der Waals surface area contributed by atoms with Gasteiger partial charge in [0.1, 0.15) is 11.9 Å². The molecule has 0 saturated carbocycles. The highest BCUT2D eigenvalue weighted by molar-refractivity contribution is 6.03. The molecule has 0 bridgehead atoms. The van der Waals surface area contributed by atoms with E-state index in [-0.39, 0.29) is 5.69 Å². The first-order valence-electron chi connectivity index (χ1n) is 7.13. The van der Waals surface area contributed by atoms with Gasteiger partial charge in [0.2, 0.25) is 0 Å². The zero-order chi connectivity index (χ0) is 16.7. The molecule has 1 aromatic carbocycles. The summed E-state index contributed by atoms with van der Waals surface area (Å²) in [6.07, 6.45) is 0. The summed E-state index contributed by atoms with van der Waals surface area (Å²) < 4.78 is 0. The molecule has 0 aliphatic carbocycles. The van der Waals surface area contributed by atoms with Crippen LogP contribution in [0.5, 0.6) is 0 Å². The minimum absolute atomic E-state index is 0.191. The number of likely N-dealkylation sites (N-methyl/N-ethyl adjacent to an activating group) is 1. The summed E-state index contributed by atoms with van der Waals surface area (Å²) >= 11 is 0. The monoisotopic (exact) mass is 310 g/mol. The Morgan fingerprint density at radius 2 is 2.00 bits per heavy atom. The molecule has 0 aliphatic heterocycles. The number of hydrogen-bond donors (Lipinski definition) is 2. The predicted octanol–water partition coefficient (Wildman–Crippen LogP) is 1.57. The van der Waals surface area contributed by atoms with Crippen LogP contribution in [0.3, 0.4) is 0 Å². The van der Waals surface area contributed by atoms with E-state index < -0.39 is 5.91 Å². The second kappa shape index (κ2) is 7.87. The Kier molecular flexibility index (Phi) is 5.61. The number of carbonyl (C=O) groups excluding carboxylic acids is 1. The molecule has 1 amide bonds. The number of para-hydroxylation sites is 1. The molecule has 0 aliphatic rings. The van der Waals surface area contributed by atoms with E-state index in [4.69, 9.17) is 5.26 Å². The van der Waals surface area contributed by atoms with E-state index in [2.05, 4.69) is 25.7 Å². The van der Waals surface area contributed by atoms with Crippen molar-refractivity contribution in [1.82, 2.24) is 15.1 Å². The maximum Gasteiger partial charge on any atom is 0.276 e. The molecule has 0 spiro atoms. The van der Waals surface area contributed by atoms with Crippen LogP contribution < -0.4 is 10.6 Å². The first-order chi connectivity index (χ1) is 11.1. The normalized spacial score (nSPS) is 10.2. The van der Waals surface area contributed by atoms with Gasteiger partial charge in [0.15, 0.2) is 5.69 Å². The van der Waals surface area contributed by atoms with Gasteiger partial charge >= 0.3 is 0 Å². The van der Waals surface area contributed by atoms with Crippen LogP contribution in [0.2, 0.25) is 0 Å². The van der Waals surface area contributed by atoms with Gasteiger partial charge in [-0.3, -0.25) is 4.79 Å². The number of rotatable bonds is 6. The van der Waals surface area contributed by atoms with E-state index in [1.165, 1.54) is 0 Å². The van der Waals surface area contributed by atoms with Crippen molar-refractivity contribution in [3.63, 3.8) is 0 Å². The molecule has 0 saturated heterocycles. The van der Waals surface area contributed by atoms with Crippen molar-refractivity contribution < 1.29 is 4.79 Å². The van der Waals surface area contributed by atoms with Gasteiger partial charge in [-0.1, -0.05) is 12.1 Å². The molecule has 7 heteroatoms. The van der Waals surface area contributed by atoms with Gasteiger partial charge in [-0.25, -0.2) is 0 Å². The SMILES string of the molecule is CN(C)CCNc1ccc(C(=O)Nc2ccccc2C#N)nn1. The zero-order valence-corrected chi connectivity index (χ0v) is 13.1. The van der Waals surface area contributed by atoms with Crippen LogP contribution in [-0.4, -0.2) is 48.2 Å². The number of anilines is 2. The number of nitrogens with zero attached hydrogens (tertiary/aromatic N) is 4. The summed E-state index contributed by atoms with van der Waals surface area (Å²) in [5.41, 5.74) is 1.04. The topological polar surface area (TPSA) is 93.9 Å². The van der Waals surface area contributed by atoms with Crippen LogP contribution in [0.1, 0.15) is 16.1 Å². The van der Waals surface area contributed by atoms with Gasteiger partial charge < -0.3 is 15.5 Å². The average Bonchev–Trinajstić information content (AvgIpc) is 2.55. The number of hydrogen-bond acceptors (Lipinski definition) is 6. The van der Waals surface area contributed by atoms with E-state index in [1.807, 2.05) is 20.2 Å². The lowest BCUT2D eigenvalue weighted by Gasteiger charge is -2.10. The van der Waals surface area contributed by atoms with E-state index in [0.717, 1.165) is 13.1 Å². The molecule has 0 unspecified atom stereocenters. The van der Waals surface area contributed by atoms with Crippen LogP contribution in [0, 0.1) is 11.3 Å². The van der Waals surface area contributed by atoms with Crippen molar-refractivity contribution in [2.24, 2.45) is 0 Å². The van der Waals surface area contributed by atoms with E-state index >= 15 is 0 Å². The molecule has 0 radical (unpaired) electrons. The standard InChI is InChI=1S/C16H18N6O/c1-22(2)10-9-18-15-8-7-14(20-21-15)16(23)19-13-6-4-3-5-12(13)11-17/h3-8H,9-10H2,1-2H3,(H,18,21)(H,19,23). The molecule has 0 atom stereocenters. The van der Waals surface area contributed by atoms with Gasteiger partial charge in [-0.2, -0.15) is 5.26 Å². The van der Waals surface area contributed by atoms with Crippen LogP contribution >= 0.6 is 0 Å². The van der Waals surface area contributed by atoms with Crippen LogP contribution in [0.4, 0.5) is 11.5 Å². The van der Waals surface area contributed by atoms with Crippen molar-refractivity contribution in [3.05, 3.63) is 47.7 Å². The molecule has 0 fully saturated rings. The third kappa shape index (κ3) is 4.76. The minimum atomic E-state index is -0.403. The zero-order valence-electron chi connectivity index (χ0n) is 13.1. The highest BCUT2D eigenvalue weighted by Crippen LogP contribution is 2.14. The minimum Gasteiger partial charge on any atom is -0.367 e. The van der Waals surface area contributed by atoms with Crippen LogP contribution in [0.15, 0.2) is 36.4 Å². The molecule has 118 valence electrons. The molecule has 2 aromatic rings. The van der Waals surface area contributed by atoms with E-state index in [1.54, 1.807) is 36.4 Å². The van der Waals surface area contributed by atoms with Gasteiger partial charge in [0.25, 0.3) is 5.91 Å². The number of amides is 1. The molecule has 2 N–H and O–H groups in total. The second-order valence-corrected chi connectivity index (χ2v) is 5.15. The number of carbonyl (C=O) groups is 1. The van der Waals surface area contributed by atoms with Crippen LogP contribution in [0.25, 0.3) is 0 Å². The Morgan fingerprint density at radius 1 is 1.22 bits per heavy atom. The van der Waals surface area contributed by atoms with Crippen molar-refractivity contribution in [2.45, 2.75) is 0 Å². The number of aromatic nitrogens is 2. The molecule has 23 heavy (non-hydrogen) atoms. The second-order valence-electron chi connectivity index (χ2n) is 5.15. The largest absolute Gasteiger partial charge is 0.367 e. The molecular formula is C16H18N6O. The molecule has 2 rings (SSSR count). The fourth-order valence-electron chi connectivity index (χ4n) is 1.83. The molecular weight excluding hydrogens is 292 g/mol.